The largest absolute Gasteiger partial charge is 0.464 e. The zero-order valence-corrected chi connectivity index (χ0v) is 6.71. The Morgan fingerprint density at radius 1 is 1.50 bits per heavy atom. The van der Waals surface area contributed by atoms with Gasteiger partial charge in [0.1, 0.15) is 0 Å². The van der Waals surface area contributed by atoms with Crippen LogP contribution in [0.25, 0.3) is 0 Å². The van der Waals surface area contributed by atoms with Gasteiger partial charge in [-0.2, -0.15) is 0 Å². The lowest BCUT2D eigenvalue weighted by molar-refractivity contribution is 0.0483. The number of methoxy groups -OCH3 is 1. The number of benzene rings is 1. The molecule has 0 aliphatic heterocycles. The monoisotopic (exact) mass is 171 g/mol. The maximum absolute atomic E-state index is 12.9. The smallest absolute Gasteiger partial charge is 0.188 e. The Hall–Kier alpha value is -1.29. The highest BCUT2D eigenvalue weighted by molar-refractivity contribution is 5.44. The number of ether oxygens (including phenoxy) is 2. The minimum absolute atomic E-state index is 0.0143. The number of nitrogen functional groups attached to an aromatic ring is 1. The summed E-state index contributed by atoms with van der Waals surface area (Å²) < 4.78 is 22.4. The van der Waals surface area contributed by atoms with E-state index >= 15 is 0 Å². The highest BCUT2D eigenvalue weighted by Crippen LogP contribution is 2.19. The summed E-state index contributed by atoms with van der Waals surface area (Å²) in [6.07, 6.45) is 0. The topological polar surface area (TPSA) is 44.5 Å². The van der Waals surface area contributed by atoms with E-state index in [0.717, 1.165) is 0 Å². The van der Waals surface area contributed by atoms with Crippen molar-refractivity contribution in [1.29, 1.82) is 0 Å². The van der Waals surface area contributed by atoms with Crippen LogP contribution in [0, 0.1) is 5.82 Å². The molecule has 0 bridgehead atoms. The molecule has 1 aromatic rings. The third-order valence-electron chi connectivity index (χ3n) is 1.29. The number of rotatable bonds is 3. The molecule has 0 saturated heterocycles. The first-order valence-corrected chi connectivity index (χ1v) is 3.41. The molecule has 0 spiro atoms. The molecule has 2 N–H and O–H groups in total. The second kappa shape index (κ2) is 3.92. The number of nitrogens with two attached hydrogens (primary N) is 1. The van der Waals surface area contributed by atoms with Gasteiger partial charge in [0.15, 0.2) is 18.4 Å². The van der Waals surface area contributed by atoms with Crippen LogP contribution in [0.5, 0.6) is 5.75 Å². The van der Waals surface area contributed by atoms with Crippen molar-refractivity contribution in [3.63, 3.8) is 0 Å². The predicted molar refractivity (Wildman–Crippen MR) is 43.3 cm³/mol. The van der Waals surface area contributed by atoms with E-state index in [9.17, 15) is 4.39 Å². The molecule has 0 aromatic heterocycles. The zero-order valence-electron chi connectivity index (χ0n) is 6.71. The molecular formula is C8H10FNO2. The van der Waals surface area contributed by atoms with Gasteiger partial charge < -0.3 is 15.2 Å². The minimum Gasteiger partial charge on any atom is -0.464 e. The van der Waals surface area contributed by atoms with Gasteiger partial charge in [-0.3, -0.25) is 0 Å². The number of hydrogen-bond donors (Lipinski definition) is 1. The van der Waals surface area contributed by atoms with Gasteiger partial charge >= 0.3 is 0 Å². The van der Waals surface area contributed by atoms with Crippen molar-refractivity contribution in [2.24, 2.45) is 0 Å². The summed E-state index contributed by atoms with van der Waals surface area (Å²) in [6, 6.07) is 4.13. The fourth-order valence-electron chi connectivity index (χ4n) is 0.753. The average molecular weight is 171 g/mol. The van der Waals surface area contributed by atoms with Crippen LogP contribution in [0.1, 0.15) is 0 Å². The molecule has 66 valence electrons. The van der Waals surface area contributed by atoms with Gasteiger partial charge in [-0.05, 0) is 12.1 Å². The second-order valence-electron chi connectivity index (χ2n) is 2.24. The molecule has 0 aliphatic rings. The average Bonchev–Trinajstić information content (AvgIpc) is 2.07. The fraction of sp³-hybridized carbons (Fsp3) is 0.250. The van der Waals surface area contributed by atoms with Gasteiger partial charge in [-0.25, -0.2) is 4.39 Å². The Morgan fingerprint density at radius 3 is 2.92 bits per heavy atom. The SMILES string of the molecule is COCOc1cc(N)ccc1F. The summed E-state index contributed by atoms with van der Waals surface area (Å²) in [5, 5.41) is 0. The lowest BCUT2D eigenvalue weighted by atomic mass is 10.3. The van der Waals surface area contributed by atoms with Gasteiger partial charge in [0.05, 0.1) is 0 Å². The molecule has 0 amide bonds. The van der Waals surface area contributed by atoms with Crippen LogP contribution >= 0.6 is 0 Å². The van der Waals surface area contributed by atoms with Crippen molar-refractivity contribution in [2.75, 3.05) is 19.6 Å². The third kappa shape index (κ3) is 2.10. The molecule has 0 heterocycles. The Morgan fingerprint density at radius 2 is 2.25 bits per heavy atom. The van der Waals surface area contributed by atoms with Crippen molar-refractivity contribution in [2.45, 2.75) is 0 Å². The molecule has 4 heteroatoms. The zero-order chi connectivity index (χ0) is 8.97. The highest BCUT2D eigenvalue weighted by atomic mass is 19.1. The summed E-state index contributed by atoms with van der Waals surface area (Å²) in [5.74, 6) is -0.335. The van der Waals surface area contributed by atoms with Crippen LogP contribution in [0.2, 0.25) is 0 Å². The molecule has 0 saturated carbocycles. The van der Waals surface area contributed by atoms with Crippen molar-refractivity contribution in [1.82, 2.24) is 0 Å². The molecule has 1 rings (SSSR count). The quantitative estimate of drug-likeness (QED) is 0.552. The molecule has 0 atom stereocenters. The molecule has 0 fully saturated rings. The molecule has 3 nitrogen and oxygen atoms in total. The molecule has 0 aliphatic carbocycles. The van der Waals surface area contributed by atoms with Gasteiger partial charge in [0.2, 0.25) is 0 Å². The predicted octanol–water partition coefficient (Wildman–Crippen LogP) is 1.39. The summed E-state index contributed by atoms with van der Waals surface area (Å²) in [7, 11) is 1.46. The Bertz CT molecular complexity index is 265. The molecule has 1 aromatic carbocycles. The van der Waals surface area contributed by atoms with Gasteiger partial charge in [-0.1, -0.05) is 0 Å². The summed E-state index contributed by atoms with van der Waals surface area (Å²) in [4.78, 5) is 0. The van der Waals surface area contributed by atoms with E-state index < -0.39 is 5.82 Å². The third-order valence-corrected chi connectivity index (χ3v) is 1.29. The van der Waals surface area contributed by atoms with Crippen LogP contribution in [-0.2, 0) is 4.74 Å². The summed E-state index contributed by atoms with van der Waals surface area (Å²) in [6.45, 7) is 0.0143. The molecule has 0 unspecified atom stereocenters. The van der Waals surface area contributed by atoms with Gasteiger partial charge in [0.25, 0.3) is 0 Å². The second-order valence-corrected chi connectivity index (χ2v) is 2.24. The first kappa shape index (κ1) is 8.80. The Balaban J connectivity index is 2.75. The van der Waals surface area contributed by atoms with Gasteiger partial charge in [-0.15, -0.1) is 0 Å². The molecular weight excluding hydrogens is 161 g/mol. The van der Waals surface area contributed by atoms with Crippen LogP contribution in [0.4, 0.5) is 10.1 Å². The summed E-state index contributed by atoms with van der Waals surface area (Å²) in [5.41, 5.74) is 5.87. The van der Waals surface area contributed by atoms with E-state index in [0.29, 0.717) is 5.69 Å². The number of anilines is 1. The van der Waals surface area contributed by atoms with Crippen LogP contribution in [-0.4, -0.2) is 13.9 Å². The van der Waals surface area contributed by atoms with Crippen molar-refractivity contribution in [3.05, 3.63) is 24.0 Å². The highest BCUT2D eigenvalue weighted by Gasteiger charge is 2.02. The van der Waals surface area contributed by atoms with E-state index in [2.05, 4.69) is 4.74 Å². The van der Waals surface area contributed by atoms with Crippen molar-refractivity contribution >= 4 is 5.69 Å². The number of halogens is 1. The maximum atomic E-state index is 12.9. The van der Waals surface area contributed by atoms with E-state index in [1.807, 2.05) is 0 Å². The van der Waals surface area contributed by atoms with Crippen LogP contribution in [0.3, 0.4) is 0 Å². The van der Waals surface area contributed by atoms with Crippen molar-refractivity contribution in [3.8, 4) is 5.75 Å². The normalized spacial score (nSPS) is 9.83. The Labute approximate surface area is 69.9 Å². The maximum Gasteiger partial charge on any atom is 0.188 e. The lowest BCUT2D eigenvalue weighted by Gasteiger charge is -2.05. The standard InChI is InChI=1S/C8H10FNO2/c1-11-5-12-8-4-6(10)2-3-7(8)9/h2-4H,5,10H2,1H3. The molecule has 0 radical (unpaired) electrons. The van der Waals surface area contributed by atoms with E-state index in [1.54, 1.807) is 0 Å². The first-order chi connectivity index (χ1) is 5.74. The lowest BCUT2D eigenvalue weighted by Crippen LogP contribution is -2.01. The van der Waals surface area contributed by atoms with Crippen molar-refractivity contribution < 1.29 is 13.9 Å². The van der Waals surface area contributed by atoms with Crippen LogP contribution < -0.4 is 10.5 Å². The van der Waals surface area contributed by atoms with Crippen LogP contribution in [0.15, 0.2) is 18.2 Å². The first-order valence-electron chi connectivity index (χ1n) is 3.41. The van der Waals surface area contributed by atoms with E-state index in [1.165, 1.54) is 25.3 Å². The minimum atomic E-state index is -0.443. The Kier molecular flexibility index (Phi) is 2.88. The summed E-state index contributed by atoms with van der Waals surface area (Å²) >= 11 is 0. The van der Waals surface area contributed by atoms with E-state index in [-0.39, 0.29) is 12.5 Å². The fourth-order valence-corrected chi connectivity index (χ4v) is 0.753. The van der Waals surface area contributed by atoms with Gasteiger partial charge in [0, 0.05) is 18.9 Å². The number of hydrogen-bond acceptors (Lipinski definition) is 3. The van der Waals surface area contributed by atoms with E-state index in [4.69, 9.17) is 10.5 Å². The molecule has 12 heavy (non-hydrogen) atoms.